The van der Waals surface area contributed by atoms with Crippen LogP contribution in [0.15, 0.2) is 24.3 Å². The van der Waals surface area contributed by atoms with E-state index in [9.17, 15) is 20.0 Å². The molecular formula is C11H13NO6. The second-order valence-electron chi connectivity index (χ2n) is 3.64. The van der Waals surface area contributed by atoms with Gasteiger partial charge in [-0.3, -0.25) is 14.9 Å². The number of hydrogen-bond acceptors (Lipinski definition) is 6. The van der Waals surface area contributed by atoms with Gasteiger partial charge in [0.2, 0.25) is 0 Å². The highest BCUT2D eigenvalue weighted by Crippen LogP contribution is 2.21. The number of aliphatic hydroxyl groups excluding tert-OH is 2. The van der Waals surface area contributed by atoms with E-state index in [1.54, 1.807) is 0 Å². The first-order valence-corrected chi connectivity index (χ1v) is 5.16. The topological polar surface area (TPSA) is 110 Å². The average Bonchev–Trinajstić information content (AvgIpc) is 2.29. The Morgan fingerprint density at radius 1 is 1.44 bits per heavy atom. The third-order valence-electron chi connectivity index (χ3n) is 2.31. The molecule has 0 fully saturated rings. The van der Waals surface area contributed by atoms with E-state index in [1.165, 1.54) is 31.2 Å². The molecular weight excluding hydrogens is 242 g/mol. The highest BCUT2D eigenvalue weighted by molar-refractivity contribution is 5.69. The van der Waals surface area contributed by atoms with Crippen molar-refractivity contribution in [1.29, 1.82) is 0 Å². The number of rotatable bonds is 5. The van der Waals surface area contributed by atoms with Crippen LogP contribution < -0.4 is 4.74 Å². The van der Waals surface area contributed by atoms with Gasteiger partial charge in [-0.25, -0.2) is 0 Å². The van der Waals surface area contributed by atoms with E-state index < -0.39 is 29.6 Å². The number of carbonyl (C=O) groups excluding carboxylic acids is 1. The van der Waals surface area contributed by atoms with Crippen LogP contribution in [0, 0.1) is 10.1 Å². The Balaban J connectivity index is 2.84. The first kappa shape index (κ1) is 14.1. The molecule has 0 saturated carbocycles. The maximum Gasteiger partial charge on any atom is 0.308 e. The molecule has 0 bridgehead atoms. The molecule has 98 valence electrons. The summed E-state index contributed by atoms with van der Waals surface area (Å²) in [5.74, 6) is -0.207. The van der Waals surface area contributed by atoms with Gasteiger partial charge >= 0.3 is 5.97 Å². The molecule has 7 heteroatoms. The largest absolute Gasteiger partial charge is 0.427 e. The number of hydrogen-bond donors (Lipinski definition) is 2. The lowest BCUT2D eigenvalue weighted by Gasteiger charge is -2.14. The molecule has 1 aromatic rings. The van der Waals surface area contributed by atoms with Gasteiger partial charge in [0, 0.05) is 11.8 Å². The minimum absolute atomic E-state index is 0.265. The van der Waals surface area contributed by atoms with Crippen LogP contribution in [0.2, 0.25) is 0 Å². The summed E-state index contributed by atoms with van der Waals surface area (Å²) in [4.78, 5) is 20.5. The van der Waals surface area contributed by atoms with E-state index in [-0.39, 0.29) is 11.3 Å². The van der Waals surface area contributed by atoms with Crippen LogP contribution in [-0.4, -0.2) is 33.8 Å². The molecule has 1 rings (SSSR count). The molecule has 0 aliphatic heterocycles. The Morgan fingerprint density at radius 3 is 2.39 bits per heavy atom. The molecule has 7 nitrogen and oxygen atoms in total. The summed E-state index contributed by atoms with van der Waals surface area (Å²) >= 11 is 0. The Bertz CT molecular complexity index is 430. The molecule has 0 aliphatic carbocycles. The lowest BCUT2D eigenvalue weighted by molar-refractivity contribution is -0.539. The van der Waals surface area contributed by atoms with Gasteiger partial charge in [-0.1, -0.05) is 12.1 Å². The zero-order valence-electron chi connectivity index (χ0n) is 9.65. The average molecular weight is 255 g/mol. The fraction of sp³-hybridized carbons (Fsp3) is 0.364. The van der Waals surface area contributed by atoms with E-state index >= 15 is 0 Å². The molecule has 0 aliphatic rings. The SMILES string of the molecule is CC(=O)Oc1ccc([C@@H](O)[C@@H](CO)[N+](=O)[O-])cc1. The van der Waals surface area contributed by atoms with Crippen LogP contribution >= 0.6 is 0 Å². The Morgan fingerprint density at radius 2 is 2.00 bits per heavy atom. The van der Waals surface area contributed by atoms with Crippen molar-refractivity contribution >= 4 is 5.97 Å². The fourth-order valence-electron chi connectivity index (χ4n) is 1.40. The normalized spacial score (nSPS) is 13.7. The number of carbonyl (C=O) groups is 1. The maximum atomic E-state index is 10.7. The highest BCUT2D eigenvalue weighted by Gasteiger charge is 2.30. The van der Waals surface area contributed by atoms with Gasteiger partial charge in [-0.15, -0.1) is 0 Å². The van der Waals surface area contributed by atoms with Crippen LogP contribution in [0.3, 0.4) is 0 Å². The van der Waals surface area contributed by atoms with Crippen molar-refractivity contribution in [3.8, 4) is 5.75 Å². The highest BCUT2D eigenvalue weighted by atomic mass is 16.6. The van der Waals surface area contributed by atoms with Crippen molar-refractivity contribution in [3.05, 3.63) is 39.9 Å². The van der Waals surface area contributed by atoms with Gasteiger partial charge < -0.3 is 14.9 Å². The van der Waals surface area contributed by atoms with Crippen LogP contribution in [-0.2, 0) is 4.79 Å². The predicted octanol–water partition coefficient (Wildman–Crippen LogP) is 0.283. The summed E-state index contributed by atoms with van der Waals surface area (Å²) in [6.45, 7) is 0.483. The molecule has 0 unspecified atom stereocenters. The zero-order chi connectivity index (χ0) is 13.7. The molecule has 2 atom stereocenters. The standard InChI is InChI=1S/C11H13NO6/c1-7(14)18-9-4-2-8(3-5-9)11(15)10(6-13)12(16)17/h2-5,10-11,13,15H,6H2,1H3/t10-,11-/m1/s1. The van der Waals surface area contributed by atoms with E-state index in [2.05, 4.69) is 0 Å². The number of nitro groups is 1. The third kappa shape index (κ3) is 3.51. The quantitative estimate of drug-likeness (QED) is 0.338. The van der Waals surface area contributed by atoms with E-state index in [4.69, 9.17) is 9.84 Å². The molecule has 18 heavy (non-hydrogen) atoms. The van der Waals surface area contributed by atoms with Gasteiger partial charge in [-0.05, 0) is 17.7 Å². The minimum atomic E-state index is -1.48. The lowest BCUT2D eigenvalue weighted by Crippen LogP contribution is -2.31. The van der Waals surface area contributed by atoms with Gasteiger partial charge in [0.1, 0.15) is 18.5 Å². The summed E-state index contributed by atoms with van der Waals surface area (Å²) in [7, 11) is 0. The number of benzene rings is 1. The number of ether oxygens (including phenoxy) is 1. The summed E-state index contributed by atoms with van der Waals surface area (Å²) < 4.78 is 4.78. The molecule has 2 N–H and O–H groups in total. The summed E-state index contributed by atoms with van der Waals surface area (Å²) in [5, 5.41) is 29.1. The first-order valence-electron chi connectivity index (χ1n) is 5.16. The van der Waals surface area contributed by atoms with Crippen molar-refractivity contribution in [3.63, 3.8) is 0 Å². The second-order valence-corrected chi connectivity index (χ2v) is 3.64. The van der Waals surface area contributed by atoms with Crippen LogP contribution in [0.4, 0.5) is 0 Å². The number of esters is 1. The second kappa shape index (κ2) is 6.08. The van der Waals surface area contributed by atoms with Gasteiger partial charge in [0.05, 0.1) is 0 Å². The Kier molecular flexibility index (Phi) is 4.75. The number of aliphatic hydroxyl groups is 2. The molecule has 0 aromatic heterocycles. The Hall–Kier alpha value is -1.99. The molecule has 0 saturated heterocycles. The molecule has 1 aromatic carbocycles. The van der Waals surface area contributed by atoms with Crippen molar-refractivity contribution < 1.29 is 24.7 Å². The van der Waals surface area contributed by atoms with Crippen molar-refractivity contribution in [2.24, 2.45) is 0 Å². The van der Waals surface area contributed by atoms with Gasteiger partial charge in [0.15, 0.2) is 0 Å². The van der Waals surface area contributed by atoms with Gasteiger partial charge in [-0.2, -0.15) is 0 Å². The van der Waals surface area contributed by atoms with Crippen LogP contribution in [0.25, 0.3) is 0 Å². The summed E-state index contributed by atoms with van der Waals surface area (Å²) in [6, 6.07) is 4.14. The van der Waals surface area contributed by atoms with Gasteiger partial charge in [0.25, 0.3) is 6.04 Å². The monoisotopic (exact) mass is 255 g/mol. The van der Waals surface area contributed by atoms with E-state index in [1.807, 2.05) is 0 Å². The summed E-state index contributed by atoms with van der Waals surface area (Å²) in [6.07, 6.45) is -1.42. The smallest absolute Gasteiger partial charge is 0.308 e. The predicted molar refractivity (Wildman–Crippen MR) is 60.6 cm³/mol. The van der Waals surface area contributed by atoms with Crippen molar-refractivity contribution in [2.75, 3.05) is 6.61 Å². The third-order valence-corrected chi connectivity index (χ3v) is 2.31. The van der Waals surface area contributed by atoms with Crippen LogP contribution in [0.1, 0.15) is 18.6 Å². The first-order chi connectivity index (χ1) is 8.45. The van der Waals surface area contributed by atoms with Crippen molar-refractivity contribution in [2.45, 2.75) is 19.1 Å². The van der Waals surface area contributed by atoms with E-state index in [0.29, 0.717) is 0 Å². The number of nitrogens with zero attached hydrogens (tertiary/aromatic N) is 1. The van der Waals surface area contributed by atoms with Crippen LogP contribution in [0.5, 0.6) is 5.75 Å². The molecule has 0 heterocycles. The van der Waals surface area contributed by atoms with E-state index in [0.717, 1.165) is 0 Å². The van der Waals surface area contributed by atoms with Crippen molar-refractivity contribution in [1.82, 2.24) is 0 Å². The fourth-order valence-corrected chi connectivity index (χ4v) is 1.40. The molecule has 0 amide bonds. The lowest BCUT2D eigenvalue weighted by atomic mass is 10.0. The zero-order valence-corrected chi connectivity index (χ0v) is 9.65. The molecule has 0 spiro atoms. The minimum Gasteiger partial charge on any atom is -0.427 e. The maximum absolute atomic E-state index is 10.7. The Labute approximate surface area is 103 Å². The molecule has 0 radical (unpaired) electrons. The summed E-state index contributed by atoms with van der Waals surface area (Å²) in [5.41, 5.74) is 0.265.